The fourth-order valence-corrected chi connectivity index (χ4v) is 5.02. The van der Waals surface area contributed by atoms with E-state index in [1.807, 2.05) is 30.3 Å². The van der Waals surface area contributed by atoms with Crippen LogP contribution in [0.3, 0.4) is 0 Å². The maximum Gasteiger partial charge on any atom is 0.246 e. The molecule has 1 saturated carbocycles. The van der Waals surface area contributed by atoms with E-state index in [2.05, 4.69) is 0 Å². The zero-order chi connectivity index (χ0) is 21.0. The van der Waals surface area contributed by atoms with Crippen molar-refractivity contribution in [3.05, 3.63) is 54.6 Å². The summed E-state index contributed by atoms with van der Waals surface area (Å²) in [5, 5.41) is 0. The maximum absolute atomic E-state index is 13.0. The number of ether oxygens (including phenoxy) is 1. The van der Waals surface area contributed by atoms with Crippen LogP contribution in [0, 0.1) is 0 Å². The SMILES string of the molecule is C[C@H](C(=O)N(C)C1CCCC1)N(c1ccc(Oc2ccccc2)cc1)S(C)(=O)=O. The Morgan fingerprint density at radius 1 is 1.00 bits per heavy atom. The molecule has 3 rings (SSSR count). The Kier molecular flexibility index (Phi) is 6.47. The first-order valence-electron chi connectivity index (χ1n) is 9.86. The molecule has 7 heteroatoms. The fourth-order valence-electron chi connectivity index (χ4n) is 3.85. The first kappa shape index (κ1) is 21.2. The third-order valence-electron chi connectivity index (χ3n) is 5.36. The van der Waals surface area contributed by atoms with Gasteiger partial charge in [-0.05, 0) is 56.2 Å². The largest absolute Gasteiger partial charge is 0.457 e. The second kappa shape index (κ2) is 8.86. The molecule has 0 radical (unpaired) electrons. The van der Waals surface area contributed by atoms with Gasteiger partial charge in [-0.15, -0.1) is 0 Å². The van der Waals surface area contributed by atoms with Gasteiger partial charge in [-0.1, -0.05) is 31.0 Å². The van der Waals surface area contributed by atoms with Crippen LogP contribution in [0.5, 0.6) is 11.5 Å². The van der Waals surface area contributed by atoms with Crippen LogP contribution in [0.2, 0.25) is 0 Å². The number of carbonyl (C=O) groups excluding carboxylic acids is 1. The Bertz CT molecular complexity index is 923. The van der Waals surface area contributed by atoms with Gasteiger partial charge >= 0.3 is 0 Å². The second-order valence-corrected chi connectivity index (χ2v) is 9.39. The number of nitrogens with zero attached hydrogens (tertiary/aromatic N) is 2. The van der Waals surface area contributed by atoms with E-state index in [0.29, 0.717) is 17.2 Å². The normalized spacial score (nSPS) is 15.7. The monoisotopic (exact) mass is 416 g/mol. The highest BCUT2D eigenvalue weighted by molar-refractivity contribution is 7.92. The molecule has 156 valence electrons. The van der Waals surface area contributed by atoms with E-state index in [-0.39, 0.29) is 11.9 Å². The van der Waals surface area contributed by atoms with Crippen molar-refractivity contribution in [2.24, 2.45) is 0 Å². The highest BCUT2D eigenvalue weighted by Crippen LogP contribution is 2.28. The molecule has 0 saturated heterocycles. The summed E-state index contributed by atoms with van der Waals surface area (Å²) in [6.45, 7) is 1.64. The van der Waals surface area contributed by atoms with Gasteiger partial charge in [0.05, 0.1) is 11.9 Å². The van der Waals surface area contributed by atoms with E-state index >= 15 is 0 Å². The summed E-state index contributed by atoms with van der Waals surface area (Å²) in [5.41, 5.74) is 0.439. The van der Waals surface area contributed by atoms with Crippen LogP contribution in [-0.4, -0.2) is 44.6 Å². The summed E-state index contributed by atoms with van der Waals surface area (Å²) in [6, 6.07) is 15.5. The lowest BCUT2D eigenvalue weighted by molar-refractivity contribution is -0.132. The number of rotatable bonds is 7. The van der Waals surface area contributed by atoms with Crippen LogP contribution in [0.1, 0.15) is 32.6 Å². The van der Waals surface area contributed by atoms with E-state index in [4.69, 9.17) is 4.74 Å². The van der Waals surface area contributed by atoms with Crippen molar-refractivity contribution in [1.29, 1.82) is 0 Å². The lowest BCUT2D eigenvalue weighted by Gasteiger charge is -2.33. The summed E-state index contributed by atoms with van der Waals surface area (Å²) in [5.74, 6) is 1.10. The minimum absolute atomic E-state index is 0.188. The Balaban J connectivity index is 1.80. The van der Waals surface area contributed by atoms with Crippen molar-refractivity contribution < 1.29 is 17.9 Å². The lowest BCUT2D eigenvalue weighted by atomic mass is 10.2. The molecule has 1 amide bonds. The summed E-state index contributed by atoms with van der Waals surface area (Å²) < 4.78 is 32.0. The first-order valence-corrected chi connectivity index (χ1v) is 11.7. The molecule has 29 heavy (non-hydrogen) atoms. The van der Waals surface area contributed by atoms with E-state index in [1.54, 1.807) is 43.1 Å². The molecule has 0 aromatic heterocycles. The van der Waals surface area contributed by atoms with Gasteiger partial charge in [0.15, 0.2) is 0 Å². The molecule has 0 N–H and O–H groups in total. The van der Waals surface area contributed by atoms with Crippen LogP contribution < -0.4 is 9.04 Å². The molecule has 2 aromatic rings. The van der Waals surface area contributed by atoms with Crippen LogP contribution in [0.25, 0.3) is 0 Å². The Hall–Kier alpha value is -2.54. The van der Waals surface area contributed by atoms with Crippen LogP contribution in [-0.2, 0) is 14.8 Å². The summed E-state index contributed by atoms with van der Waals surface area (Å²) in [7, 11) is -1.88. The number of amides is 1. The van der Waals surface area contributed by atoms with E-state index < -0.39 is 16.1 Å². The first-order chi connectivity index (χ1) is 13.8. The number of anilines is 1. The summed E-state index contributed by atoms with van der Waals surface area (Å²) in [4.78, 5) is 14.7. The Morgan fingerprint density at radius 3 is 2.10 bits per heavy atom. The Morgan fingerprint density at radius 2 is 1.55 bits per heavy atom. The average molecular weight is 417 g/mol. The zero-order valence-corrected chi connectivity index (χ0v) is 17.9. The molecular weight excluding hydrogens is 388 g/mol. The van der Waals surface area contributed by atoms with Crippen LogP contribution in [0.4, 0.5) is 5.69 Å². The molecular formula is C22H28N2O4S. The van der Waals surface area contributed by atoms with E-state index in [9.17, 15) is 13.2 Å². The van der Waals surface area contributed by atoms with Gasteiger partial charge in [0, 0.05) is 13.1 Å². The maximum atomic E-state index is 13.0. The Labute approximate surface area is 173 Å². The number of likely N-dealkylation sites (N-methyl/N-ethyl adjacent to an activating group) is 1. The van der Waals surface area contributed by atoms with Crippen LogP contribution in [0.15, 0.2) is 54.6 Å². The molecule has 0 bridgehead atoms. The standard InChI is InChI=1S/C22H28N2O4S/c1-17(22(25)23(2)18-9-7-8-10-18)24(29(3,26)27)19-13-15-21(16-14-19)28-20-11-5-4-6-12-20/h4-6,11-18H,7-10H2,1-3H3/t17-/m1/s1. The summed E-state index contributed by atoms with van der Waals surface area (Å²) in [6.07, 6.45) is 5.28. The smallest absolute Gasteiger partial charge is 0.246 e. The number of para-hydroxylation sites is 1. The van der Waals surface area contributed by atoms with Gasteiger partial charge < -0.3 is 9.64 Å². The minimum atomic E-state index is -3.65. The molecule has 6 nitrogen and oxygen atoms in total. The minimum Gasteiger partial charge on any atom is -0.457 e. The van der Waals surface area contributed by atoms with E-state index in [0.717, 1.165) is 31.9 Å². The summed E-state index contributed by atoms with van der Waals surface area (Å²) >= 11 is 0. The van der Waals surface area contributed by atoms with Crippen molar-refractivity contribution in [2.75, 3.05) is 17.6 Å². The van der Waals surface area contributed by atoms with Crippen molar-refractivity contribution in [1.82, 2.24) is 4.90 Å². The molecule has 0 aliphatic heterocycles. The van der Waals surface area contributed by atoms with Crippen molar-refractivity contribution in [2.45, 2.75) is 44.7 Å². The number of sulfonamides is 1. The number of hydrogen-bond donors (Lipinski definition) is 0. The molecule has 1 atom stereocenters. The predicted octanol–water partition coefficient (Wildman–Crippen LogP) is 4.03. The van der Waals surface area contributed by atoms with Gasteiger partial charge in [-0.25, -0.2) is 8.42 Å². The van der Waals surface area contributed by atoms with Crippen molar-refractivity contribution >= 4 is 21.6 Å². The van der Waals surface area contributed by atoms with Crippen LogP contribution >= 0.6 is 0 Å². The molecule has 0 heterocycles. The topological polar surface area (TPSA) is 66.9 Å². The highest BCUT2D eigenvalue weighted by atomic mass is 32.2. The van der Waals surface area contributed by atoms with Crippen molar-refractivity contribution in [3.63, 3.8) is 0 Å². The molecule has 1 aliphatic rings. The second-order valence-electron chi connectivity index (χ2n) is 7.53. The molecule has 1 fully saturated rings. The van der Waals surface area contributed by atoms with Gasteiger partial charge in [0.25, 0.3) is 0 Å². The third-order valence-corrected chi connectivity index (χ3v) is 6.60. The number of carbonyl (C=O) groups is 1. The molecule has 1 aliphatic carbocycles. The van der Waals surface area contributed by atoms with E-state index in [1.165, 1.54) is 4.31 Å². The molecule has 0 spiro atoms. The third kappa shape index (κ3) is 5.09. The fraction of sp³-hybridized carbons (Fsp3) is 0.409. The van der Waals surface area contributed by atoms with Gasteiger partial charge in [-0.2, -0.15) is 0 Å². The van der Waals surface area contributed by atoms with Gasteiger partial charge in [0.2, 0.25) is 15.9 Å². The lowest BCUT2D eigenvalue weighted by Crippen LogP contribution is -2.50. The predicted molar refractivity (Wildman–Crippen MR) is 115 cm³/mol. The number of benzene rings is 2. The molecule has 0 unspecified atom stereocenters. The average Bonchev–Trinajstić information content (AvgIpc) is 3.23. The van der Waals surface area contributed by atoms with Gasteiger partial charge in [0.1, 0.15) is 17.5 Å². The highest BCUT2D eigenvalue weighted by Gasteiger charge is 2.33. The quantitative estimate of drug-likeness (QED) is 0.683. The zero-order valence-electron chi connectivity index (χ0n) is 17.1. The molecule has 2 aromatic carbocycles. The number of hydrogen-bond acceptors (Lipinski definition) is 4. The van der Waals surface area contributed by atoms with Gasteiger partial charge in [-0.3, -0.25) is 9.10 Å². The van der Waals surface area contributed by atoms with Crippen molar-refractivity contribution in [3.8, 4) is 11.5 Å².